The monoisotopic (exact) mass is 2020 g/mol. The van der Waals surface area contributed by atoms with Crippen molar-refractivity contribution in [1.29, 1.82) is 0 Å². The van der Waals surface area contributed by atoms with Crippen LogP contribution in [-0.4, -0.2) is 285 Å². The lowest BCUT2D eigenvalue weighted by molar-refractivity contribution is -0.350. The molecule has 0 aromatic heterocycles. The molecule has 25 N–H and O–H groups in total. The lowest BCUT2D eigenvalue weighted by Gasteiger charge is -2.47. The third kappa shape index (κ3) is 25.0. The number of carbonyl (C=O) groups is 9. The van der Waals surface area contributed by atoms with E-state index in [1.165, 1.54) is 63.4 Å². The van der Waals surface area contributed by atoms with Crippen LogP contribution in [0.3, 0.4) is 0 Å². The van der Waals surface area contributed by atoms with Crippen molar-refractivity contribution < 1.29 is 176 Å². The topological polar surface area (TPSA) is 662 Å². The summed E-state index contributed by atoms with van der Waals surface area (Å²) in [5.41, 5.74) is 1.88. The van der Waals surface area contributed by atoms with Gasteiger partial charge < -0.3 is 167 Å². The molecule has 3 saturated heterocycles. The standard InChI is InChI=1S/C94H108Cl2F3N9O33/c1-38(2)20-55(101-5)88(129)107-73-59(115)26-46(29-68(100)118)86(127)105-71-45-27-64(134-62-16-13-42(75(73)119)24-53(62)95)82(139-92-80(124)78(122)83(67(37-110)137-92)140-91-79(123)77(121)76(120)66(136-91)35-102-34-40-8-6-10-47(21-40)104-85(126)44-9-7-11-49(22-44)141-94(97,98)99)65(28-45)135-63-17-14-43(25-54(63)96)81(138-69-33-93(4,84(125)39(3)133-69)103-19-18-57(113)61(117)36-109)74-89(130)106-72(90(131)132)52-30-48(111)31-58(114)70(52)51-23-41(12-15-56(51)112)50(32-60(71)116)87(128)108-74/h6-17,21-25,27-28,30-31,38-39,46,50,55,57,61,66-67,69,71-81,83-84,91-92,101-103,109-114,117,119-125H,18-20,26,29,32-37H2,1-5H3,(H2,100,118)(H,104,126)(H,105,127)(H,106,130)(H,107,129)(H,108,128)(H,131,132)/t39-,46-,50+,55+,57-,61+,66+,67+,69?,71+,72+,73?,74-,75+,76-,77-,78+,79+,80+,81+,83+,84-,91-,92-,93-/m0/s1. The van der Waals surface area contributed by atoms with Crippen molar-refractivity contribution in [2.45, 2.75) is 225 Å². The normalized spacial score (nSPS) is 28.4. The van der Waals surface area contributed by atoms with Gasteiger partial charge in [-0.3, -0.25) is 38.4 Å². The molecule has 0 saturated carbocycles. The van der Waals surface area contributed by atoms with E-state index >= 15 is 24.0 Å². The van der Waals surface area contributed by atoms with Crippen molar-refractivity contribution in [2.24, 2.45) is 17.6 Å². The highest BCUT2D eigenvalue weighted by Crippen LogP contribution is 2.51. The molecule has 6 amide bonds. The number of aliphatic carboxylic acids is 1. The molecule has 8 aliphatic rings. The molecule has 25 atom stereocenters. The molecule has 8 heterocycles. The molecule has 0 spiro atoms. The van der Waals surface area contributed by atoms with Gasteiger partial charge in [-0.05, 0) is 159 Å². The number of aliphatic hydroxyl groups excluding tert-OH is 11. The number of carbonyl (C=O) groups excluding carboxylic acids is 8. The number of rotatable bonds is 28. The van der Waals surface area contributed by atoms with E-state index in [0.29, 0.717) is 5.56 Å². The zero-order valence-electron chi connectivity index (χ0n) is 75.9. The van der Waals surface area contributed by atoms with Crippen LogP contribution in [0.1, 0.15) is 140 Å². The number of ether oxygens (including phenoxy) is 9. The molecular formula is C94H108Cl2F3N9O33. The molecule has 15 rings (SSSR count). The number of aliphatic hydroxyl groups is 11. The number of nitrogens with one attached hydrogen (secondary N) is 8. The lowest BCUT2D eigenvalue weighted by Crippen LogP contribution is -2.65. The van der Waals surface area contributed by atoms with Gasteiger partial charge in [-0.1, -0.05) is 73.4 Å². The maximum atomic E-state index is 16.7. The number of aromatic hydroxyl groups is 3. The Bertz CT molecular complexity index is 5780. The van der Waals surface area contributed by atoms with E-state index in [0.717, 1.165) is 78.9 Å². The summed E-state index contributed by atoms with van der Waals surface area (Å²) in [5.74, 6) is -21.9. The smallest absolute Gasteiger partial charge is 0.508 e. The number of halogens is 5. The molecule has 47 heteroatoms. The Labute approximate surface area is 811 Å². The number of fused-ring (bicyclic) bond motifs is 15. The van der Waals surface area contributed by atoms with E-state index in [1.807, 2.05) is 0 Å². The second-order valence-electron chi connectivity index (χ2n) is 35.7. The molecule has 3 fully saturated rings. The minimum Gasteiger partial charge on any atom is -0.508 e. The predicted molar refractivity (Wildman–Crippen MR) is 484 cm³/mol. The highest BCUT2D eigenvalue weighted by molar-refractivity contribution is 6.32. The lowest BCUT2D eigenvalue weighted by atomic mass is 9.84. The molecule has 0 aliphatic carbocycles. The molecule has 141 heavy (non-hydrogen) atoms. The second kappa shape index (κ2) is 45.3. The summed E-state index contributed by atoms with van der Waals surface area (Å²) in [7, 11) is 1.46. The number of hydrogen-bond donors (Lipinski definition) is 24. The Morgan fingerprint density at radius 2 is 1.35 bits per heavy atom. The SMILES string of the molecule is CN[C@H](CC(C)C)C(=O)NC1C(=O)C[C@@H](CC(N)=O)C(=O)N[C@H]2C(=O)C[C@H]3C(=O)N[C@H](C(=O)N[C@@H](C(=O)O)c4cc(O)cc(O)c4-c4cc3ccc4O)[C@H](OC3C[C@](C)(NCC[C@H](O)[C@H](O)CO)[C@@H](O)[C@H](C)O3)c3ccc(c(Cl)c3)Oc3cc2cc(c3O[C@@H]2O[C@H](CO)[C@@H](O[C@@H]3O[C@H](CNCc4cccc(NC(=O)c5cccc(OC(F)(F)F)c5)c4)[C@H](O)[C@H](O)[C@H]3O)[C@H](O)[C@H]2O)Oc2ccc(cc2Cl)[C@H]1O. The van der Waals surface area contributed by atoms with Gasteiger partial charge in [-0.2, -0.15) is 0 Å². The average molecular weight is 2020 g/mol. The number of anilines is 1. The van der Waals surface area contributed by atoms with E-state index in [2.05, 4.69) is 47.3 Å². The molecule has 11 bridgehead atoms. The zero-order valence-corrected chi connectivity index (χ0v) is 77.4. The van der Waals surface area contributed by atoms with Crippen molar-refractivity contribution >= 4 is 81.9 Å². The maximum Gasteiger partial charge on any atom is 0.573 e. The highest BCUT2D eigenvalue weighted by atomic mass is 35.5. The Balaban J connectivity index is 0.937. The first-order valence-electron chi connectivity index (χ1n) is 44.7. The van der Waals surface area contributed by atoms with Crippen LogP contribution in [0.15, 0.2) is 127 Å². The molecule has 7 aromatic rings. The first-order valence-corrected chi connectivity index (χ1v) is 45.5. The maximum absolute atomic E-state index is 16.7. The van der Waals surface area contributed by atoms with E-state index in [9.17, 15) is 109 Å². The summed E-state index contributed by atoms with van der Waals surface area (Å²) in [5, 5.41) is 192. The molecule has 0 radical (unpaired) electrons. The number of phenolic OH excluding ortho intramolecular Hbond substituents is 3. The average Bonchev–Trinajstić information content (AvgIpc) is 0.758. The Morgan fingerprint density at radius 3 is 2.00 bits per heavy atom. The number of nitrogens with two attached hydrogens (primary N) is 1. The minimum atomic E-state index is -5.04. The van der Waals surface area contributed by atoms with Gasteiger partial charge in [0.05, 0.1) is 59.4 Å². The van der Waals surface area contributed by atoms with Crippen LogP contribution in [-0.2, 0) is 68.6 Å². The number of benzene rings is 7. The van der Waals surface area contributed by atoms with Crippen molar-refractivity contribution in [1.82, 2.24) is 37.2 Å². The van der Waals surface area contributed by atoms with Crippen LogP contribution in [0.5, 0.6) is 51.7 Å². The van der Waals surface area contributed by atoms with Crippen LogP contribution in [0.4, 0.5) is 18.9 Å². The number of primary amides is 1. The largest absolute Gasteiger partial charge is 0.573 e. The molecule has 2 unspecified atom stereocenters. The summed E-state index contributed by atoms with van der Waals surface area (Å²) in [6.45, 7) is 3.97. The van der Waals surface area contributed by atoms with Crippen LogP contribution in [0, 0.1) is 11.8 Å². The number of amides is 6. The number of likely N-dealkylation sites (N-methyl/N-ethyl adjacent to an activating group) is 1. The van der Waals surface area contributed by atoms with Gasteiger partial charge in [-0.25, -0.2) is 4.79 Å². The van der Waals surface area contributed by atoms with Crippen molar-refractivity contribution in [2.75, 3.05) is 38.7 Å². The van der Waals surface area contributed by atoms with Gasteiger partial charge in [0.2, 0.25) is 41.6 Å². The number of alkyl halides is 3. The second-order valence-corrected chi connectivity index (χ2v) is 36.5. The first-order chi connectivity index (χ1) is 66.7. The number of Topliss-reactive ketones (excluding diaryl/α,β-unsaturated/α-hetero) is 2. The summed E-state index contributed by atoms with van der Waals surface area (Å²) in [6, 6.07) is 13.9. The summed E-state index contributed by atoms with van der Waals surface area (Å²) >= 11 is 14.6. The fraction of sp³-hybridized carbons (Fsp3) is 0.457. The summed E-state index contributed by atoms with van der Waals surface area (Å²) < 4.78 is 94.7. The molecule has 8 aliphatic heterocycles. The van der Waals surface area contributed by atoms with E-state index < -0.39 is 334 Å². The third-order valence-corrected chi connectivity index (χ3v) is 25.6. The Morgan fingerprint density at radius 1 is 0.681 bits per heavy atom. The van der Waals surface area contributed by atoms with Gasteiger partial charge in [0, 0.05) is 78.3 Å². The number of carboxylic acid groups (broad SMARTS) is 1. The van der Waals surface area contributed by atoms with Gasteiger partial charge in [0.25, 0.3) is 5.91 Å². The predicted octanol–water partition coefficient (Wildman–Crippen LogP) is 2.59. The van der Waals surface area contributed by atoms with E-state index in [-0.39, 0.29) is 66.3 Å². The fourth-order valence-electron chi connectivity index (χ4n) is 17.6. The van der Waals surface area contributed by atoms with Crippen LogP contribution >= 0.6 is 23.2 Å². The number of ketones is 2. The number of carboxylic acids is 1. The fourth-order valence-corrected chi connectivity index (χ4v) is 18.1. The summed E-state index contributed by atoms with van der Waals surface area (Å²) in [4.78, 5) is 135. The van der Waals surface area contributed by atoms with Gasteiger partial charge >= 0.3 is 12.3 Å². The zero-order chi connectivity index (χ0) is 102. The van der Waals surface area contributed by atoms with Gasteiger partial charge in [0.1, 0.15) is 120 Å². The van der Waals surface area contributed by atoms with Crippen molar-refractivity contribution in [3.8, 4) is 62.9 Å². The van der Waals surface area contributed by atoms with E-state index in [4.69, 9.17) is 66.8 Å². The van der Waals surface area contributed by atoms with Crippen LogP contribution < -0.4 is 67.2 Å². The van der Waals surface area contributed by atoms with Crippen molar-refractivity contribution in [3.63, 3.8) is 0 Å². The van der Waals surface area contributed by atoms with Crippen molar-refractivity contribution in [3.05, 3.63) is 176 Å². The van der Waals surface area contributed by atoms with Crippen LogP contribution in [0.25, 0.3) is 11.1 Å². The summed E-state index contributed by atoms with van der Waals surface area (Å²) in [6.07, 6.45) is -41.2. The molecule has 42 nitrogen and oxygen atoms in total. The Hall–Kier alpha value is -11.6. The quantitative estimate of drug-likeness (QED) is 0.0335. The number of phenols is 3. The molecule has 762 valence electrons. The van der Waals surface area contributed by atoms with E-state index in [1.54, 1.807) is 19.9 Å². The number of hydrogen-bond acceptors (Lipinski definition) is 35. The highest BCUT2D eigenvalue weighted by Gasteiger charge is 2.54. The minimum absolute atomic E-state index is 0.0637. The van der Waals surface area contributed by atoms with Crippen LogP contribution in [0.2, 0.25) is 10.0 Å². The van der Waals surface area contributed by atoms with Gasteiger partial charge in [0.15, 0.2) is 41.7 Å². The van der Waals surface area contributed by atoms with Gasteiger partial charge in [-0.15, -0.1) is 13.2 Å². The molecule has 7 aromatic carbocycles. The third-order valence-electron chi connectivity index (χ3n) is 25.0. The first kappa shape index (κ1) is 107. The molecular weight excluding hydrogens is 1910 g/mol. The Kier molecular flexibility index (Phi) is 34.3.